The number of esters is 1. The lowest BCUT2D eigenvalue weighted by Gasteiger charge is -2.45. The maximum absolute atomic E-state index is 14.7. The summed E-state index contributed by atoms with van der Waals surface area (Å²) in [5.74, 6) is -3.18. The smallest absolute Gasteiger partial charge is 0.312 e. The fraction of sp³-hybridized carbons (Fsp3) is 0.750. The number of rotatable bonds is 15. The lowest BCUT2D eigenvalue weighted by molar-refractivity contribution is -0.159. The van der Waals surface area contributed by atoms with Gasteiger partial charge in [0.2, 0.25) is 17.7 Å². The van der Waals surface area contributed by atoms with Crippen molar-refractivity contribution in [3.8, 4) is 0 Å². The lowest BCUT2D eigenvalue weighted by atomic mass is 9.70. The second-order valence-corrected chi connectivity index (χ2v) is 15.1. The zero-order chi connectivity index (χ0) is 32.3. The number of likely N-dealkylation sites (tertiary alicyclic amines) is 1. The summed E-state index contributed by atoms with van der Waals surface area (Å²) < 4.78 is 12.3. The summed E-state index contributed by atoms with van der Waals surface area (Å²) in [6, 6.07) is -0.972. The molecule has 1 unspecified atom stereocenters. The van der Waals surface area contributed by atoms with Crippen LogP contribution in [0.25, 0.3) is 0 Å². The van der Waals surface area contributed by atoms with Crippen LogP contribution in [-0.4, -0.2) is 99.1 Å². The number of hydrogen-bond donors (Lipinski definition) is 2. The maximum atomic E-state index is 14.7. The van der Waals surface area contributed by atoms with Gasteiger partial charge in [0.1, 0.15) is 17.7 Å². The number of fused-ring (bicyclic) bond motifs is 1. The number of alkyl halides is 1. The molecule has 3 aliphatic rings. The highest BCUT2D eigenvalue weighted by Crippen LogP contribution is 2.60. The Balaban J connectivity index is 1.94. The van der Waals surface area contributed by atoms with E-state index in [-0.39, 0.29) is 60.6 Å². The topological polar surface area (TPSA) is 125 Å². The molecule has 1 spiro atoms. The molecule has 3 heterocycles. The number of allylic oxidation sites excluding steroid dienone is 1. The van der Waals surface area contributed by atoms with Crippen LogP contribution >= 0.6 is 15.9 Å². The Morgan fingerprint density at radius 2 is 1.93 bits per heavy atom. The molecule has 3 amide bonds. The molecule has 0 radical (unpaired) electrons. The molecule has 0 saturated carbocycles. The van der Waals surface area contributed by atoms with Crippen molar-refractivity contribution >= 4 is 39.6 Å². The summed E-state index contributed by atoms with van der Waals surface area (Å²) in [6.45, 7) is 20.0. The first-order valence-corrected chi connectivity index (χ1v) is 16.2. The summed E-state index contributed by atoms with van der Waals surface area (Å²) in [6.07, 6.45) is 4.26. The van der Waals surface area contributed by atoms with Crippen LogP contribution in [0.1, 0.15) is 73.6 Å². The van der Waals surface area contributed by atoms with Gasteiger partial charge in [-0.15, -0.1) is 13.2 Å². The van der Waals surface area contributed by atoms with Crippen LogP contribution in [0.5, 0.6) is 0 Å². The van der Waals surface area contributed by atoms with Crippen LogP contribution in [0.4, 0.5) is 0 Å². The number of amides is 3. The Bertz CT molecular complexity index is 1090. The molecule has 11 heteroatoms. The number of carbonyl (C=O) groups is 4. The third-order valence-electron chi connectivity index (χ3n) is 8.60. The molecule has 3 fully saturated rings. The average Bonchev–Trinajstić information content (AvgIpc) is 3.49. The molecule has 3 saturated heterocycles. The van der Waals surface area contributed by atoms with E-state index in [1.165, 1.54) is 4.90 Å². The van der Waals surface area contributed by atoms with E-state index in [9.17, 15) is 24.3 Å². The highest BCUT2D eigenvalue weighted by Gasteiger charge is 2.77. The summed E-state index contributed by atoms with van der Waals surface area (Å²) in [7, 11) is 0. The minimum atomic E-state index is -1.23. The zero-order valence-electron chi connectivity index (χ0n) is 26.6. The molecule has 0 aromatic rings. The van der Waals surface area contributed by atoms with E-state index in [0.29, 0.717) is 25.7 Å². The zero-order valence-corrected chi connectivity index (χ0v) is 28.2. The number of halogens is 1. The molecule has 242 valence electrons. The van der Waals surface area contributed by atoms with E-state index >= 15 is 0 Å². The van der Waals surface area contributed by atoms with Gasteiger partial charge in [0.05, 0.1) is 24.5 Å². The van der Waals surface area contributed by atoms with E-state index in [1.807, 2.05) is 13.8 Å². The molecular weight excluding hydrogens is 618 g/mol. The number of ether oxygens (including phenoxy) is 2. The first kappa shape index (κ1) is 35.2. The van der Waals surface area contributed by atoms with Crippen LogP contribution in [0.3, 0.4) is 0 Å². The summed E-state index contributed by atoms with van der Waals surface area (Å²) in [4.78, 5) is 57.5. The predicted molar refractivity (Wildman–Crippen MR) is 167 cm³/mol. The van der Waals surface area contributed by atoms with Gasteiger partial charge in [-0.25, -0.2) is 0 Å². The van der Waals surface area contributed by atoms with Crippen molar-refractivity contribution in [2.75, 3.05) is 26.2 Å². The largest absolute Gasteiger partial charge is 0.460 e. The number of aliphatic hydroxyl groups excluding tert-OH is 1. The third kappa shape index (κ3) is 7.36. The Kier molecular flexibility index (Phi) is 11.3. The molecule has 2 bridgehead atoms. The van der Waals surface area contributed by atoms with Gasteiger partial charge in [0.25, 0.3) is 0 Å². The highest BCUT2D eigenvalue weighted by molar-refractivity contribution is 9.09. The molecule has 3 aliphatic heterocycles. The second-order valence-electron chi connectivity index (χ2n) is 13.9. The molecule has 2 N–H and O–H groups in total. The van der Waals surface area contributed by atoms with E-state index in [4.69, 9.17) is 9.47 Å². The highest BCUT2D eigenvalue weighted by atomic mass is 79.9. The third-order valence-corrected chi connectivity index (χ3v) is 9.45. The fourth-order valence-electron chi connectivity index (χ4n) is 7.36. The Morgan fingerprint density at radius 1 is 1.26 bits per heavy atom. The van der Waals surface area contributed by atoms with Crippen LogP contribution in [0.15, 0.2) is 25.3 Å². The van der Waals surface area contributed by atoms with Gasteiger partial charge in [-0.1, -0.05) is 48.9 Å². The molecular formula is C32H50BrN3O7. The van der Waals surface area contributed by atoms with E-state index < -0.39 is 47.2 Å². The van der Waals surface area contributed by atoms with Crippen molar-refractivity contribution in [1.29, 1.82) is 0 Å². The first-order chi connectivity index (χ1) is 20.0. The summed E-state index contributed by atoms with van der Waals surface area (Å²) >= 11 is 3.68. The maximum Gasteiger partial charge on any atom is 0.312 e. The quantitative estimate of drug-likeness (QED) is 0.156. The monoisotopic (exact) mass is 667 g/mol. The van der Waals surface area contributed by atoms with Gasteiger partial charge in [0.15, 0.2) is 0 Å². The number of carbonyl (C=O) groups excluding carboxylic acids is 4. The van der Waals surface area contributed by atoms with Gasteiger partial charge in [0, 0.05) is 36.5 Å². The van der Waals surface area contributed by atoms with E-state index in [2.05, 4.69) is 55.2 Å². The van der Waals surface area contributed by atoms with Gasteiger partial charge >= 0.3 is 5.97 Å². The lowest BCUT2D eigenvalue weighted by Crippen LogP contribution is -2.61. The van der Waals surface area contributed by atoms with Crippen molar-refractivity contribution in [2.24, 2.45) is 17.3 Å². The Morgan fingerprint density at radius 3 is 2.51 bits per heavy atom. The first-order valence-electron chi connectivity index (χ1n) is 15.3. The fourth-order valence-corrected chi connectivity index (χ4v) is 8.31. The van der Waals surface area contributed by atoms with Crippen molar-refractivity contribution in [3.05, 3.63) is 25.3 Å². The molecule has 0 aromatic carbocycles. The predicted octanol–water partition coefficient (Wildman–Crippen LogP) is 3.36. The van der Waals surface area contributed by atoms with Crippen LogP contribution in [-0.2, 0) is 28.7 Å². The number of aliphatic hydroxyl groups is 1. The SMILES string of the molecule is C=CCCC(=O)NC[C@@H](C)OC(=O)[C@@H]1[C@H]2O[C@@]3(CC2Br)[C@H](C(=O)N(CC=C)C(C)(C)CC(C)(C)C)N(CCCO)C(=O)[C@@H]13. The standard InChI is InChI=1S/C32H50BrN3O7/c1-9-11-13-22(38)34-18-20(3)42-29(41)23-24-27(39)35(15-12-16-37)26(32(24)17-21(33)25(23)43-32)28(40)36(14-10-2)31(7,8)19-30(4,5)6/h9-10,20-21,23-26,37H,1-2,11-19H2,3-8H3,(H,34,38)/t20-,21?,23+,24-,25+,26+,32-/m1/s1. The van der Waals surface area contributed by atoms with Gasteiger partial charge in [-0.2, -0.15) is 0 Å². The summed E-state index contributed by atoms with van der Waals surface area (Å²) in [5, 5.41) is 12.4. The Labute approximate surface area is 264 Å². The molecule has 3 rings (SSSR count). The number of hydrogen-bond acceptors (Lipinski definition) is 7. The average molecular weight is 669 g/mol. The number of nitrogens with zero attached hydrogens (tertiary/aromatic N) is 2. The minimum absolute atomic E-state index is 0.0774. The van der Waals surface area contributed by atoms with E-state index in [0.717, 1.165) is 0 Å². The van der Waals surface area contributed by atoms with Crippen LogP contribution < -0.4 is 5.32 Å². The van der Waals surface area contributed by atoms with Crippen molar-refractivity contribution < 1.29 is 33.8 Å². The summed E-state index contributed by atoms with van der Waals surface area (Å²) in [5.41, 5.74) is -1.88. The minimum Gasteiger partial charge on any atom is -0.460 e. The molecule has 7 atom stereocenters. The van der Waals surface area contributed by atoms with Gasteiger partial charge in [-0.05, 0) is 51.9 Å². The van der Waals surface area contributed by atoms with Crippen molar-refractivity contribution in [2.45, 2.75) is 108 Å². The normalized spacial score (nSPS) is 28.8. The molecule has 0 aliphatic carbocycles. The van der Waals surface area contributed by atoms with Crippen molar-refractivity contribution in [3.63, 3.8) is 0 Å². The van der Waals surface area contributed by atoms with Crippen molar-refractivity contribution in [1.82, 2.24) is 15.1 Å². The molecule has 43 heavy (non-hydrogen) atoms. The number of nitrogens with one attached hydrogen (secondary N) is 1. The van der Waals surface area contributed by atoms with Crippen LogP contribution in [0.2, 0.25) is 0 Å². The molecule has 10 nitrogen and oxygen atoms in total. The van der Waals surface area contributed by atoms with E-state index in [1.54, 1.807) is 24.0 Å². The Hall–Kier alpha value is -2.24. The van der Waals surface area contributed by atoms with Crippen LogP contribution in [0, 0.1) is 17.3 Å². The molecule has 0 aromatic heterocycles. The van der Waals surface area contributed by atoms with Gasteiger partial charge < -0.3 is 29.7 Å². The second kappa shape index (κ2) is 13.8. The van der Waals surface area contributed by atoms with Gasteiger partial charge in [-0.3, -0.25) is 19.2 Å².